The van der Waals surface area contributed by atoms with Crippen LogP contribution in [-0.2, 0) is 14.8 Å². The molecule has 8 nitrogen and oxygen atoms in total. The number of nitrogens with one attached hydrogen (secondary N) is 1. The quantitative estimate of drug-likeness (QED) is 0.747. The SMILES string of the molecule is CC(C)n1cnnc1S[C@H](C)C(=O)Nc1ccc(S(N)(=O)=O)cc1. The molecule has 1 atom stereocenters. The molecule has 130 valence electrons. The number of sulfonamides is 1. The topological polar surface area (TPSA) is 120 Å². The molecule has 2 aromatic rings. The van der Waals surface area contributed by atoms with Crippen LogP contribution in [0.2, 0.25) is 0 Å². The highest BCUT2D eigenvalue weighted by Crippen LogP contribution is 2.24. The van der Waals surface area contributed by atoms with E-state index in [0.29, 0.717) is 10.8 Å². The van der Waals surface area contributed by atoms with Crippen LogP contribution in [0.25, 0.3) is 0 Å². The molecule has 0 fully saturated rings. The summed E-state index contributed by atoms with van der Waals surface area (Å²) in [6.45, 7) is 5.77. The highest BCUT2D eigenvalue weighted by Gasteiger charge is 2.19. The molecule has 0 spiro atoms. The smallest absolute Gasteiger partial charge is 0.238 e. The first-order valence-corrected chi connectivity index (χ1v) is 9.61. The van der Waals surface area contributed by atoms with Gasteiger partial charge in [-0.15, -0.1) is 10.2 Å². The van der Waals surface area contributed by atoms with Crippen molar-refractivity contribution in [3.63, 3.8) is 0 Å². The third kappa shape index (κ3) is 4.56. The van der Waals surface area contributed by atoms with Crippen LogP contribution in [0.1, 0.15) is 26.8 Å². The van der Waals surface area contributed by atoms with Crippen molar-refractivity contribution in [2.45, 2.75) is 42.1 Å². The Bertz CT molecular complexity index is 815. The number of hydrogen-bond acceptors (Lipinski definition) is 6. The molecular formula is C14H19N5O3S2. The molecule has 2 rings (SSSR count). The Kier molecular flexibility index (Phi) is 5.62. The van der Waals surface area contributed by atoms with Crippen LogP contribution >= 0.6 is 11.8 Å². The summed E-state index contributed by atoms with van der Waals surface area (Å²) in [5.41, 5.74) is 0.491. The number of carbonyl (C=O) groups is 1. The van der Waals surface area contributed by atoms with E-state index in [9.17, 15) is 13.2 Å². The van der Waals surface area contributed by atoms with E-state index in [1.165, 1.54) is 36.0 Å². The summed E-state index contributed by atoms with van der Waals surface area (Å²) in [6, 6.07) is 5.87. The average Bonchev–Trinajstić information content (AvgIpc) is 2.95. The molecule has 0 bridgehead atoms. The lowest BCUT2D eigenvalue weighted by Crippen LogP contribution is -2.23. The molecule has 10 heteroatoms. The highest BCUT2D eigenvalue weighted by atomic mass is 32.2. The van der Waals surface area contributed by atoms with Crippen molar-refractivity contribution in [2.24, 2.45) is 5.14 Å². The molecule has 1 aromatic heterocycles. The zero-order valence-corrected chi connectivity index (χ0v) is 15.1. The van der Waals surface area contributed by atoms with Crippen LogP contribution in [0.3, 0.4) is 0 Å². The van der Waals surface area contributed by atoms with Crippen LogP contribution < -0.4 is 10.5 Å². The van der Waals surface area contributed by atoms with Crippen molar-refractivity contribution in [2.75, 3.05) is 5.32 Å². The van der Waals surface area contributed by atoms with Gasteiger partial charge in [0.15, 0.2) is 5.16 Å². The summed E-state index contributed by atoms with van der Waals surface area (Å²) in [7, 11) is -3.75. The van der Waals surface area contributed by atoms with Gasteiger partial charge in [-0.2, -0.15) is 0 Å². The summed E-state index contributed by atoms with van der Waals surface area (Å²) in [5.74, 6) is -0.221. The second-order valence-corrected chi connectivity index (χ2v) is 8.30. The Morgan fingerprint density at radius 2 is 1.88 bits per heavy atom. The van der Waals surface area contributed by atoms with Gasteiger partial charge < -0.3 is 9.88 Å². The monoisotopic (exact) mass is 369 g/mol. The van der Waals surface area contributed by atoms with Gasteiger partial charge >= 0.3 is 0 Å². The van der Waals surface area contributed by atoms with E-state index in [4.69, 9.17) is 5.14 Å². The molecular weight excluding hydrogens is 350 g/mol. The molecule has 1 amide bonds. The molecule has 0 radical (unpaired) electrons. The molecule has 0 aliphatic rings. The molecule has 0 aliphatic heterocycles. The summed E-state index contributed by atoms with van der Waals surface area (Å²) >= 11 is 1.30. The second kappa shape index (κ2) is 7.32. The molecule has 24 heavy (non-hydrogen) atoms. The number of nitrogens with zero attached hydrogens (tertiary/aromatic N) is 3. The lowest BCUT2D eigenvalue weighted by molar-refractivity contribution is -0.115. The normalized spacial score (nSPS) is 13.0. The van der Waals surface area contributed by atoms with Crippen LogP contribution in [0.5, 0.6) is 0 Å². The van der Waals surface area contributed by atoms with Gasteiger partial charge in [0.25, 0.3) is 0 Å². The van der Waals surface area contributed by atoms with Gasteiger partial charge in [-0.05, 0) is 45.0 Å². The van der Waals surface area contributed by atoms with Gasteiger partial charge in [-0.1, -0.05) is 11.8 Å². The standard InChI is InChI=1S/C14H19N5O3S2/c1-9(2)19-8-16-18-14(19)23-10(3)13(20)17-11-4-6-12(7-5-11)24(15,21)22/h4-10H,1-3H3,(H,17,20)(H2,15,21,22)/t10-/m1/s1. The lowest BCUT2D eigenvalue weighted by atomic mass is 10.3. The van der Waals surface area contributed by atoms with E-state index >= 15 is 0 Å². The average molecular weight is 369 g/mol. The van der Waals surface area contributed by atoms with E-state index in [2.05, 4.69) is 15.5 Å². The Balaban J connectivity index is 2.02. The van der Waals surface area contributed by atoms with Gasteiger partial charge in [-0.3, -0.25) is 4.79 Å². The van der Waals surface area contributed by atoms with Crippen molar-refractivity contribution in [1.29, 1.82) is 0 Å². The van der Waals surface area contributed by atoms with Crippen molar-refractivity contribution in [1.82, 2.24) is 14.8 Å². The Hall–Kier alpha value is -1.91. The van der Waals surface area contributed by atoms with Crippen LogP contribution in [0, 0.1) is 0 Å². The third-order valence-corrected chi connectivity index (χ3v) is 5.20. The molecule has 0 saturated heterocycles. The highest BCUT2D eigenvalue weighted by molar-refractivity contribution is 8.00. The number of nitrogens with two attached hydrogens (primary N) is 1. The summed E-state index contributed by atoms with van der Waals surface area (Å²) < 4.78 is 24.3. The maximum Gasteiger partial charge on any atom is 0.238 e. The minimum atomic E-state index is -3.75. The zero-order valence-electron chi connectivity index (χ0n) is 13.5. The van der Waals surface area contributed by atoms with Crippen molar-refractivity contribution < 1.29 is 13.2 Å². The van der Waals surface area contributed by atoms with E-state index in [1.807, 2.05) is 18.4 Å². The van der Waals surface area contributed by atoms with E-state index in [-0.39, 0.29) is 16.8 Å². The maximum atomic E-state index is 12.3. The number of anilines is 1. The summed E-state index contributed by atoms with van der Waals surface area (Å²) in [4.78, 5) is 12.3. The number of rotatable bonds is 6. The molecule has 1 aromatic carbocycles. The third-order valence-electron chi connectivity index (χ3n) is 3.20. The fourth-order valence-electron chi connectivity index (χ4n) is 1.85. The van der Waals surface area contributed by atoms with Crippen molar-refractivity contribution in [3.8, 4) is 0 Å². The van der Waals surface area contributed by atoms with Crippen molar-refractivity contribution >= 4 is 33.4 Å². The number of thioether (sulfide) groups is 1. The minimum Gasteiger partial charge on any atom is -0.325 e. The number of amides is 1. The number of hydrogen-bond donors (Lipinski definition) is 2. The summed E-state index contributed by atoms with van der Waals surface area (Å²) in [6.07, 6.45) is 1.63. The predicted octanol–water partition coefficient (Wildman–Crippen LogP) is 1.63. The first kappa shape index (κ1) is 18.4. The Morgan fingerprint density at radius 1 is 1.25 bits per heavy atom. The number of primary sulfonamides is 1. The van der Waals surface area contributed by atoms with Crippen LogP contribution in [0.4, 0.5) is 5.69 Å². The van der Waals surface area contributed by atoms with E-state index < -0.39 is 15.3 Å². The van der Waals surface area contributed by atoms with Gasteiger partial charge in [0.2, 0.25) is 15.9 Å². The number of aromatic nitrogens is 3. The van der Waals surface area contributed by atoms with Crippen LogP contribution in [0.15, 0.2) is 40.6 Å². The molecule has 0 unspecified atom stereocenters. The second-order valence-electron chi connectivity index (χ2n) is 5.43. The molecule has 0 aliphatic carbocycles. The molecule has 3 N–H and O–H groups in total. The van der Waals surface area contributed by atoms with E-state index in [1.54, 1.807) is 13.3 Å². The Morgan fingerprint density at radius 3 is 2.42 bits per heavy atom. The summed E-state index contributed by atoms with van der Waals surface area (Å²) in [5, 5.41) is 15.9. The van der Waals surface area contributed by atoms with Gasteiger partial charge in [-0.25, -0.2) is 13.6 Å². The lowest BCUT2D eigenvalue weighted by Gasteiger charge is -2.14. The predicted molar refractivity (Wildman–Crippen MR) is 92.2 cm³/mol. The van der Waals surface area contributed by atoms with Crippen LogP contribution in [-0.4, -0.2) is 34.3 Å². The first-order valence-electron chi connectivity index (χ1n) is 7.18. The van der Waals surface area contributed by atoms with Gasteiger partial charge in [0.05, 0.1) is 10.1 Å². The fourth-order valence-corrected chi connectivity index (χ4v) is 3.33. The zero-order chi connectivity index (χ0) is 17.9. The van der Waals surface area contributed by atoms with Gasteiger partial charge in [0.1, 0.15) is 6.33 Å². The maximum absolute atomic E-state index is 12.3. The first-order chi connectivity index (χ1) is 11.2. The van der Waals surface area contributed by atoms with Crippen molar-refractivity contribution in [3.05, 3.63) is 30.6 Å². The molecule has 1 heterocycles. The minimum absolute atomic E-state index is 0.00652. The molecule has 0 saturated carbocycles. The fraction of sp³-hybridized carbons (Fsp3) is 0.357. The number of carbonyl (C=O) groups excluding carboxylic acids is 1. The Labute approximate surface area is 144 Å². The number of benzene rings is 1. The largest absolute Gasteiger partial charge is 0.325 e. The van der Waals surface area contributed by atoms with E-state index in [0.717, 1.165) is 0 Å². The van der Waals surface area contributed by atoms with Gasteiger partial charge in [0, 0.05) is 11.7 Å².